The number of methoxy groups -OCH3 is 1. The van der Waals surface area contributed by atoms with Gasteiger partial charge in [-0.2, -0.15) is 0 Å². The molecule has 8 nitrogen and oxygen atoms in total. The van der Waals surface area contributed by atoms with Crippen LogP contribution in [-0.2, 0) is 32.6 Å². The number of carbonyl (C=O) groups excluding carboxylic acids is 2. The highest BCUT2D eigenvalue weighted by Crippen LogP contribution is 2.24. The van der Waals surface area contributed by atoms with E-state index >= 15 is 0 Å². The molecule has 0 aliphatic heterocycles. The highest BCUT2D eigenvalue weighted by Gasteiger charge is 2.32. The van der Waals surface area contributed by atoms with Gasteiger partial charge in [0.1, 0.15) is 18.3 Å². The number of hydrogen-bond donors (Lipinski definition) is 1. The largest absolute Gasteiger partial charge is 0.497 e. The van der Waals surface area contributed by atoms with Crippen LogP contribution < -0.4 is 14.4 Å². The second-order valence-electron chi connectivity index (χ2n) is 8.30. The van der Waals surface area contributed by atoms with Gasteiger partial charge in [0, 0.05) is 26.1 Å². The van der Waals surface area contributed by atoms with E-state index in [1.165, 1.54) is 19.1 Å². The maximum atomic E-state index is 13.8. The van der Waals surface area contributed by atoms with Crippen molar-refractivity contribution in [2.75, 3.05) is 31.3 Å². The van der Waals surface area contributed by atoms with Crippen molar-refractivity contribution in [3.8, 4) is 5.75 Å². The Morgan fingerprint density at radius 1 is 0.917 bits per heavy atom. The fourth-order valence-corrected chi connectivity index (χ4v) is 4.72. The van der Waals surface area contributed by atoms with Crippen LogP contribution >= 0.6 is 0 Å². The fourth-order valence-electron chi connectivity index (χ4n) is 3.88. The van der Waals surface area contributed by atoms with Gasteiger partial charge in [0.15, 0.2) is 0 Å². The van der Waals surface area contributed by atoms with E-state index in [1.807, 2.05) is 60.7 Å². The van der Waals surface area contributed by atoms with Crippen molar-refractivity contribution in [3.05, 3.63) is 96.1 Å². The number of carbonyl (C=O) groups is 2. The molecule has 36 heavy (non-hydrogen) atoms. The molecule has 0 spiro atoms. The molecule has 1 N–H and O–H groups in total. The lowest BCUT2D eigenvalue weighted by molar-refractivity contribution is -0.139. The van der Waals surface area contributed by atoms with Crippen molar-refractivity contribution in [3.63, 3.8) is 0 Å². The van der Waals surface area contributed by atoms with Gasteiger partial charge in [-0.1, -0.05) is 66.7 Å². The quantitative estimate of drug-likeness (QED) is 0.429. The van der Waals surface area contributed by atoms with Gasteiger partial charge in [-0.15, -0.1) is 0 Å². The van der Waals surface area contributed by atoms with Gasteiger partial charge < -0.3 is 15.0 Å². The van der Waals surface area contributed by atoms with Gasteiger partial charge in [0.25, 0.3) is 0 Å². The van der Waals surface area contributed by atoms with Crippen LogP contribution in [0.4, 0.5) is 5.69 Å². The first-order chi connectivity index (χ1) is 17.2. The summed E-state index contributed by atoms with van der Waals surface area (Å²) >= 11 is 0. The third kappa shape index (κ3) is 7.08. The minimum Gasteiger partial charge on any atom is -0.497 e. The predicted molar refractivity (Wildman–Crippen MR) is 140 cm³/mol. The van der Waals surface area contributed by atoms with Gasteiger partial charge in [0.05, 0.1) is 19.1 Å². The van der Waals surface area contributed by atoms with Gasteiger partial charge in [-0.25, -0.2) is 8.42 Å². The average molecular weight is 510 g/mol. The molecule has 0 bridgehead atoms. The molecular weight excluding hydrogens is 478 g/mol. The molecule has 0 fully saturated rings. The summed E-state index contributed by atoms with van der Waals surface area (Å²) in [6.45, 7) is -0.332. The molecule has 0 aliphatic carbocycles. The lowest BCUT2D eigenvalue weighted by atomic mass is 10.0. The Balaban J connectivity index is 2.01. The van der Waals surface area contributed by atoms with Crippen LogP contribution in [0.1, 0.15) is 11.1 Å². The van der Waals surface area contributed by atoms with Crippen molar-refractivity contribution in [2.24, 2.45) is 0 Å². The summed E-state index contributed by atoms with van der Waals surface area (Å²) in [6, 6.07) is 24.3. The lowest BCUT2D eigenvalue weighted by Crippen LogP contribution is -2.52. The summed E-state index contributed by atoms with van der Waals surface area (Å²) in [5, 5.41) is 2.66. The van der Waals surface area contributed by atoms with E-state index in [4.69, 9.17) is 4.74 Å². The Labute approximate surface area is 212 Å². The second-order valence-corrected chi connectivity index (χ2v) is 10.2. The molecule has 0 aliphatic rings. The van der Waals surface area contributed by atoms with E-state index in [0.29, 0.717) is 11.4 Å². The van der Waals surface area contributed by atoms with Crippen LogP contribution in [0.25, 0.3) is 0 Å². The van der Waals surface area contributed by atoms with Crippen LogP contribution in [0.15, 0.2) is 84.9 Å². The zero-order chi connectivity index (χ0) is 26.1. The van der Waals surface area contributed by atoms with Crippen LogP contribution in [-0.4, -0.2) is 58.1 Å². The first kappa shape index (κ1) is 26.7. The molecule has 3 rings (SSSR count). The van der Waals surface area contributed by atoms with E-state index in [-0.39, 0.29) is 18.9 Å². The van der Waals surface area contributed by atoms with E-state index in [1.54, 1.807) is 24.3 Å². The third-order valence-corrected chi connectivity index (χ3v) is 6.87. The summed E-state index contributed by atoms with van der Waals surface area (Å²) in [5.74, 6) is -0.380. The van der Waals surface area contributed by atoms with Crippen molar-refractivity contribution in [1.29, 1.82) is 0 Å². The Morgan fingerprint density at radius 3 is 2.08 bits per heavy atom. The molecule has 2 amide bonds. The molecule has 0 radical (unpaired) electrons. The average Bonchev–Trinajstić information content (AvgIpc) is 2.89. The minimum absolute atomic E-state index is 0.139. The Bertz CT molecular complexity index is 1270. The van der Waals surface area contributed by atoms with Crippen LogP contribution in [0, 0.1) is 0 Å². The molecule has 3 aromatic carbocycles. The SMILES string of the molecule is CNC(=O)[C@@H](Cc1ccccc1)N(Cc1ccccc1)C(=O)CN(c1cccc(OC)c1)S(C)(=O)=O. The van der Waals surface area contributed by atoms with E-state index in [2.05, 4.69) is 5.32 Å². The monoisotopic (exact) mass is 509 g/mol. The zero-order valence-electron chi connectivity index (χ0n) is 20.6. The maximum absolute atomic E-state index is 13.8. The Kier molecular flexibility index (Phi) is 9.08. The number of sulfonamides is 1. The summed E-state index contributed by atoms with van der Waals surface area (Å²) < 4.78 is 31.7. The van der Waals surface area contributed by atoms with Gasteiger partial charge >= 0.3 is 0 Å². The number of nitrogens with one attached hydrogen (secondary N) is 1. The predicted octanol–water partition coefficient (Wildman–Crippen LogP) is 2.85. The number of likely N-dealkylation sites (N-methyl/N-ethyl adjacent to an activating group) is 1. The molecule has 1 atom stereocenters. The van der Waals surface area contributed by atoms with Crippen LogP contribution in [0.5, 0.6) is 5.75 Å². The molecule has 190 valence electrons. The van der Waals surface area contributed by atoms with E-state index in [0.717, 1.165) is 21.7 Å². The molecule has 0 saturated heterocycles. The van der Waals surface area contributed by atoms with E-state index in [9.17, 15) is 18.0 Å². The molecule has 3 aromatic rings. The second kappa shape index (κ2) is 12.2. The number of nitrogens with zero attached hydrogens (tertiary/aromatic N) is 2. The number of rotatable bonds is 11. The van der Waals surface area contributed by atoms with Gasteiger partial charge in [-0.3, -0.25) is 13.9 Å². The van der Waals surface area contributed by atoms with Crippen molar-refractivity contribution in [1.82, 2.24) is 10.2 Å². The first-order valence-corrected chi connectivity index (χ1v) is 13.3. The van der Waals surface area contributed by atoms with Crippen molar-refractivity contribution >= 4 is 27.5 Å². The summed E-state index contributed by atoms with van der Waals surface area (Å²) in [7, 11) is -0.826. The van der Waals surface area contributed by atoms with Gasteiger partial charge in [0.2, 0.25) is 21.8 Å². The first-order valence-electron chi connectivity index (χ1n) is 11.4. The molecule has 9 heteroatoms. The van der Waals surface area contributed by atoms with Gasteiger partial charge in [-0.05, 0) is 23.3 Å². The molecule has 0 heterocycles. The summed E-state index contributed by atoms with van der Waals surface area (Å²) in [4.78, 5) is 28.3. The summed E-state index contributed by atoms with van der Waals surface area (Å²) in [5.41, 5.74) is 1.99. The normalized spacial score (nSPS) is 11.9. The topological polar surface area (TPSA) is 96.0 Å². The number of benzene rings is 3. The van der Waals surface area contributed by atoms with Crippen molar-refractivity contribution in [2.45, 2.75) is 19.0 Å². The fraction of sp³-hybridized carbons (Fsp3) is 0.259. The van der Waals surface area contributed by atoms with Crippen LogP contribution in [0.2, 0.25) is 0 Å². The molecular formula is C27H31N3O5S. The standard InChI is InChI=1S/C27H31N3O5S/c1-28-27(32)25(17-21-11-6-4-7-12-21)29(19-22-13-8-5-9-14-22)26(31)20-30(36(3,33)34)23-15-10-16-24(18-23)35-2/h4-16,18,25H,17,19-20H2,1-3H3,(H,28,32)/t25-/m1/s1. The van der Waals surface area contributed by atoms with E-state index < -0.39 is 28.5 Å². The Morgan fingerprint density at radius 2 is 1.53 bits per heavy atom. The highest BCUT2D eigenvalue weighted by atomic mass is 32.2. The minimum atomic E-state index is -3.83. The maximum Gasteiger partial charge on any atom is 0.244 e. The molecule has 0 aromatic heterocycles. The summed E-state index contributed by atoms with van der Waals surface area (Å²) in [6.07, 6.45) is 1.32. The Hall–Kier alpha value is -3.85. The number of ether oxygens (including phenoxy) is 1. The number of anilines is 1. The van der Waals surface area contributed by atoms with Crippen LogP contribution in [0.3, 0.4) is 0 Å². The molecule has 0 unspecified atom stereocenters. The highest BCUT2D eigenvalue weighted by molar-refractivity contribution is 7.92. The zero-order valence-corrected chi connectivity index (χ0v) is 21.4. The number of amides is 2. The lowest BCUT2D eigenvalue weighted by Gasteiger charge is -2.33. The number of hydrogen-bond acceptors (Lipinski definition) is 5. The van der Waals surface area contributed by atoms with Crippen molar-refractivity contribution < 1.29 is 22.7 Å². The molecule has 0 saturated carbocycles. The smallest absolute Gasteiger partial charge is 0.244 e. The third-order valence-electron chi connectivity index (χ3n) is 5.73.